The Morgan fingerprint density at radius 1 is 0.725 bits per heavy atom. The molecule has 1 N–H and O–H groups in total. The van der Waals surface area contributed by atoms with Gasteiger partial charge in [-0.15, -0.1) is 0 Å². The SMILES string of the molecule is C.CC(C)OP(C)(=O)N1CCN(C(=O)OCCOCCOCCO)CC1.CC(C)OP(C)(=O)N1CCN(C)CC1. The molecule has 2 atom stereocenters. The Morgan fingerprint density at radius 2 is 1.12 bits per heavy atom. The molecule has 240 valence electrons. The van der Waals surface area contributed by atoms with Gasteiger partial charge < -0.3 is 38.2 Å². The molecule has 0 aromatic carbocycles. The molecular weight excluding hydrogens is 562 g/mol. The van der Waals surface area contributed by atoms with Gasteiger partial charge in [0.2, 0.25) is 0 Å². The number of aliphatic hydroxyl groups excluding tert-OH is 1. The van der Waals surface area contributed by atoms with E-state index in [-0.39, 0.29) is 39.5 Å². The number of aliphatic hydroxyl groups is 1. The standard InChI is InChI=1S/C15H31N2O7P.C9H21N2O2P.CH4/c1-14(2)24-25(3,20)17-6-4-16(5-7-17)15(19)23-13-12-22-11-10-21-9-8-18;1-9(2)13-14(4,12)11-7-5-10(3)6-8-11;/h14,18H,4-13H2,1-3H3;9H,5-8H2,1-4H3;1H4. The van der Waals surface area contributed by atoms with Crippen molar-refractivity contribution in [1.29, 1.82) is 0 Å². The molecule has 40 heavy (non-hydrogen) atoms. The number of hydrogen-bond acceptors (Lipinski definition) is 10. The number of carbonyl (C=O) groups excluding carboxylic acids is 1. The van der Waals surface area contributed by atoms with Gasteiger partial charge in [0.25, 0.3) is 15.0 Å². The minimum atomic E-state index is -2.82. The van der Waals surface area contributed by atoms with Crippen LogP contribution in [0, 0.1) is 0 Å². The number of nitrogens with zero attached hydrogens (tertiary/aromatic N) is 4. The minimum absolute atomic E-state index is 0. The van der Waals surface area contributed by atoms with Crippen molar-refractivity contribution in [3.8, 4) is 0 Å². The lowest BCUT2D eigenvalue weighted by Crippen LogP contribution is -2.47. The Labute approximate surface area is 242 Å². The molecule has 2 rings (SSSR count). The monoisotopic (exact) mass is 618 g/mol. The summed E-state index contributed by atoms with van der Waals surface area (Å²) >= 11 is 0. The molecule has 0 saturated carbocycles. The van der Waals surface area contributed by atoms with Crippen LogP contribution >= 0.6 is 15.0 Å². The van der Waals surface area contributed by atoms with E-state index in [1.165, 1.54) is 0 Å². The summed E-state index contributed by atoms with van der Waals surface area (Å²) in [6.45, 7) is 17.9. The zero-order valence-corrected chi connectivity index (χ0v) is 26.7. The zero-order chi connectivity index (χ0) is 29.5. The second-order valence-corrected chi connectivity index (χ2v) is 14.9. The van der Waals surface area contributed by atoms with Gasteiger partial charge in [0.05, 0.1) is 45.2 Å². The predicted octanol–water partition coefficient (Wildman–Crippen LogP) is 3.13. The number of piperazine rings is 2. The number of rotatable bonds is 14. The van der Waals surface area contributed by atoms with Gasteiger partial charge in [-0.3, -0.25) is 9.13 Å². The second kappa shape index (κ2) is 20.3. The van der Waals surface area contributed by atoms with Gasteiger partial charge in [0, 0.05) is 65.7 Å². The molecule has 0 radical (unpaired) electrons. The van der Waals surface area contributed by atoms with Crippen LogP contribution in [0.2, 0.25) is 0 Å². The lowest BCUT2D eigenvalue weighted by atomic mass is 10.4. The number of amides is 1. The van der Waals surface area contributed by atoms with Crippen molar-refractivity contribution in [2.24, 2.45) is 0 Å². The van der Waals surface area contributed by atoms with Crippen molar-refractivity contribution in [2.75, 3.05) is 112 Å². The highest BCUT2D eigenvalue weighted by Gasteiger charge is 2.32. The summed E-state index contributed by atoms with van der Waals surface area (Å²) in [4.78, 5) is 15.8. The van der Waals surface area contributed by atoms with Crippen LogP contribution in [0.25, 0.3) is 0 Å². The Kier molecular flexibility index (Phi) is 20.0. The van der Waals surface area contributed by atoms with Gasteiger partial charge in [-0.25, -0.2) is 14.1 Å². The van der Waals surface area contributed by atoms with E-state index < -0.39 is 21.1 Å². The van der Waals surface area contributed by atoms with Crippen LogP contribution in [-0.2, 0) is 32.4 Å². The van der Waals surface area contributed by atoms with Crippen LogP contribution in [0.1, 0.15) is 35.1 Å². The highest BCUT2D eigenvalue weighted by atomic mass is 31.2. The summed E-state index contributed by atoms with van der Waals surface area (Å²) < 4.78 is 54.9. The molecule has 15 heteroatoms. The van der Waals surface area contributed by atoms with Crippen LogP contribution in [0.5, 0.6) is 0 Å². The first-order valence-corrected chi connectivity index (χ1v) is 17.7. The Hall–Kier alpha value is -0.590. The number of likely N-dealkylation sites (N-methyl/N-ethyl adjacent to an activating group) is 1. The van der Waals surface area contributed by atoms with Gasteiger partial charge in [-0.05, 0) is 34.7 Å². The fraction of sp³-hybridized carbons (Fsp3) is 0.960. The van der Waals surface area contributed by atoms with Crippen LogP contribution in [-0.4, -0.2) is 155 Å². The first-order chi connectivity index (χ1) is 18.3. The third-order valence-electron chi connectivity index (χ3n) is 5.90. The lowest BCUT2D eigenvalue weighted by Gasteiger charge is -2.37. The van der Waals surface area contributed by atoms with Crippen molar-refractivity contribution in [1.82, 2.24) is 19.1 Å². The van der Waals surface area contributed by atoms with Gasteiger partial charge in [-0.1, -0.05) is 7.43 Å². The quantitative estimate of drug-likeness (QED) is 0.227. The maximum absolute atomic E-state index is 12.5. The molecule has 1 amide bonds. The molecule has 2 aliphatic heterocycles. The van der Waals surface area contributed by atoms with E-state index in [1.807, 2.05) is 32.4 Å². The number of hydrogen-bond donors (Lipinski definition) is 1. The average molecular weight is 619 g/mol. The normalized spacial score (nSPS) is 20.3. The average Bonchev–Trinajstić information content (AvgIpc) is 2.85. The third-order valence-corrected chi connectivity index (χ3v) is 10.4. The molecule has 13 nitrogen and oxygen atoms in total. The maximum atomic E-state index is 12.5. The molecule has 2 unspecified atom stereocenters. The van der Waals surface area contributed by atoms with Crippen LogP contribution in [0.15, 0.2) is 0 Å². The van der Waals surface area contributed by atoms with Crippen molar-refractivity contribution in [3.05, 3.63) is 0 Å². The summed E-state index contributed by atoms with van der Waals surface area (Å²) in [5.41, 5.74) is 0. The van der Waals surface area contributed by atoms with Crippen LogP contribution in [0.3, 0.4) is 0 Å². The van der Waals surface area contributed by atoms with E-state index >= 15 is 0 Å². The smallest absolute Gasteiger partial charge is 0.409 e. The largest absolute Gasteiger partial charge is 0.447 e. The summed E-state index contributed by atoms with van der Waals surface area (Å²) in [6.07, 6.45) is -0.464. The van der Waals surface area contributed by atoms with E-state index in [4.69, 9.17) is 28.4 Å². The molecular formula is C25H56N4O9P2. The van der Waals surface area contributed by atoms with Crippen molar-refractivity contribution < 1.29 is 42.3 Å². The summed E-state index contributed by atoms with van der Waals surface area (Å²) in [5, 5.41) is 8.54. The van der Waals surface area contributed by atoms with E-state index in [0.717, 1.165) is 26.2 Å². The number of ether oxygens (including phenoxy) is 3. The molecule has 0 aliphatic carbocycles. The van der Waals surface area contributed by atoms with E-state index in [0.29, 0.717) is 46.0 Å². The molecule has 0 bridgehead atoms. The summed E-state index contributed by atoms with van der Waals surface area (Å²) in [6, 6.07) is 0. The minimum Gasteiger partial charge on any atom is -0.447 e. The zero-order valence-electron chi connectivity index (χ0n) is 25.0. The van der Waals surface area contributed by atoms with Crippen molar-refractivity contribution in [3.63, 3.8) is 0 Å². The molecule has 0 spiro atoms. The summed E-state index contributed by atoms with van der Waals surface area (Å²) in [7, 11) is -3.28. The van der Waals surface area contributed by atoms with Gasteiger partial charge in [0.1, 0.15) is 6.61 Å². The van der Waals surface area contributed by atoms with Crippen LogP contribution in [0.4, 0.5) is 4.79 Å². The Morgan fingerprint density at radius 3 is 1.55 bits per heavy atom. The van der Waals surface area contributed by atoms with Gasteiger partial charge >= 0.3 is 6.09 Å². The van der Waals surface area contributed by atoms with Crippen LogP contribution < -0.4 is 0 Å². The Bertz CT molecular complexity index is 775. The molecule has 2 saturated heterocycles. The highest BCUT2D eigenvalue weighted by Crippen LogP contribution is 2.49. The third kappa shape index (κ3) is 16.2. The molecule has 2 aliphatic rings. The topological polar surface area (TPSA) is 131 Å². The maximum Gasteiger partial charge on any atom is 0.409 e. The van der Waals surface area contributed by atoms with Gasteiger partial charge in [-0.2, -0.15) is 0 Å². The highest BCUT2D eigenvalue weighted by molar-refractivity contribution is 7.55. The summed E-state index contributed by atoms with van der Waals surface area (Å²) in [5.74, 6) is 0. The first kappa shape index (κ1) is 39.4. The number of carbonyl (C=O) groups is 1. The second-order valence-electron chi connectivity index (χ2n) is 10.2. The molecule has 0 aromatic heterocycles. The fourth-order valence-electron chi connectivity index (χ4n) is 3.98. The van der Waals surface area contributed by atoms with E-state index in [2.05, 4.69) is 11.9 Å². The molecule has 2 heterocycles. The first-order valence-electron chi connectivity index (χ1n) is 13.7. The van der Waals surface area contributed by atoms with E-state index in [9.17, 15) is 13.9 Å². The van der Waals surface area contributed by atoms with Gasteiger partial charge in [0.15, 0.2) is 0 Å². The molecule has 0 aromatic rings. The van der Waals surface area contributed by atoms with E-state index in [1.54, 1.807) is 22.9 Å². The Balaban J connectivity index is 0.000000860. The lowest BCUT2D eigenvalue weighted by molar-refractivity contribution is 0.0127. The van der Waals surface area contributed by atoms with Crippen molar-refractivity contribution >= 4 is 21.1 Å². The predicted molar refractivity (Wildman–Crippen MR) is 159 cm³/mol. The molecule has 2 fully saturated rings. The fourth-order valence-corrected chi connectivity index (χ4v) is 7.62. The van der Waals surface area contributed by atoms with Crippen molar-refractivity contribution in [2.45, 2.75) is 47.3 Å².